The number of rotatable bonds is 10. The van der Waals surface area contributed by atoms with Gasteiger partial charge in [-0.15, -0.1) is 0 Å². The van der Waals surface area contributed by atoms with Crippen LogP contribution in [0.1, 0.15) is 76.6 Å². The molecular weight excluding hydrogens is 566 g/mol. The highest BCUT2D eigenvalue weighted by atomic mass is 35.5. The second-order valence-electron chi connectivity index (χ2n) is 12.0. The molecule has 9 heteroatoms. The molecule has 1 saturated heterocycles. The highest BCUT2D eigenvalue weighted by Gasteiger charge is 2.29. The lowest BCUT2D eigenvalue weighted by Crippen LogP contribution is -2.36. The van der Waals surface area contributed by atoms with Gasteiger partial charge < -0.3 is 23.9 Å². The third-order valence-corrected chi connectivity index (χ3v) is 9.47. The molecule has 2 atom stereocenters. The molecule has 2 fully saturated rings. The molecule has 3 aliphatic rings. The minimum atomic E-state index is -0.998. The van der Waals surface area contributed by atoms with Gasteiger partial charge in [0.15, 0.2) is 0 Å². The average molecular weight is 602 g/mol. The number of halogens is 1. The van der Waals surface area contributed by atoms with Crippen molar-refractivity contribution in [3.05, 3.63) is 87.2 Å². The third kappa shape index (κ3) is 5.59. The molecule has 1 N–H and O–H groups in total. The number of fused-ring (bicyclic) bond motifs is 2. The highest BCUT2D eigenvalue weighted by molar-refractivity contribution is 6.32. The van der Waals surface area contributed by atoms with Crippen LogP contribution in [0, 0.1) is 0 Å². The van der Waals surface area contributed by atoms with Crippen LogP contribution in [0.25, 0.3) is 11.0 Å². The van der Waals surface area contributed by atoms with E-state index >= 15 is 0 Å². The Morgan fingerprint density at radius 3 is 2.58 bits per heavy atom. The number of aromatic nitrogens is 2. The number of nitrogens with zero attached hydrogens (tertiary/aromatic N) is 3. The molecule has 3 aromatic carbocycles. The van der Waals surface area contributed by atoms with Gasteiger partial charge in [-0.3, -0.25) is 4.90 Å². The van der Waals surface area contributed by atoms with Gasteiger partial charge in [0.1, 0.15) is 29.4 Å². The van der Waals surface area contributed by atoms with E-state index in [9.17, 15) is 9.90 Å². The molecule has 43 heavy (non-hydrogen) atoms. The fourth-order valence-electron chi connectivity index (χ4n) is 6.32. The van der Waals surface area contributed by atoms with Crippen molar-refractivity contribution in [2.45, 2.75) is 70.4 Å². The van der Waals surface area contributed by atoms with Gasteiger partial charge in [-0.05, 0) is 85.0 Å². The Balaban J connectivity index is 1.14. The number of benzene rings is 3. The number of methoxy groups -OCH3 is 1. The molecule has 224 valence electrons. The molecular formula is C34H36ClN3O5. The second kappa shape index (κ2) is 11.5. The first-order chi connectivity index (χ1) is 20.9. The van der Waals surface area contributed by atoms with E-state index in [-0.39, 0.29) is 17.7 Å². The number of hydrogen-bond donors (Lipinski definition) is 1. The summed E-state index contributed by atoms with van der Waals surface area (Å²) in [7, 11) is 1.55. The molecule has 4 aromatic rings. The number of carboxylic acid groups (broad SMARTS) is 1. The van der Waals surface area contributed by atoms with Crippen LogP contribution in [0.3, 0.4) is 0 Å². The number of carboxylic acids is 1. The maximum atomic E-state index is 11.9. The zero-order valence-corrected chi connectivity index (χ0v) is 25.3. The Morgan fingerprint density at radius 1 is 1.12 bits per heavy atom. The number of aromatic carboxylic acids is 1. The highest BCUT2D eigenvalue weighted by Crippen LogP contribution is 2.41. The summed E-state index contributed by atoms with van der Waals surface area (Å²) in [4.78, 5) is 19.3. The van der Waals surface area contributed by atoms with Crippen molar-refractivity contribution < 1.29 is 24.1 Å². The first-order valence-corrected chi connectivity index (χ1v) is 15.5. The van der Waals surface area contributed by atoms with Gasteiger partial charge in [0, 0.05) is 19.2 Å². The van der Waals surface area contributed by atoms with Crippen LogP contribution in [-0.2, 0) is 30.9 Å². The zero-order chi connectivity index (χ0) is 29.7. The van der Waals surface area contributed by atoms with Crippen molar-refractivity contribution >= 4 is 28.6 Å². The van der Waals surface area contributed by atoms with Crippen LogP contribution in [0.15, 0.2) is 48.5 Å². The molecule has 0 spiro atoms. The lowest BCUT2D eigenvalue weighted by molar-refractivity contribution is -0.0592. The molecule has 0 unspecified atom stereocenters. The largest absolute Gasteiger partial charge is 0.494 e. The Labute approximate surface area is 256 Å². The summed E-state index contributed by atoms with van der Waals surface area (Å²) in [6, 6.07) is 16.2. The van der Waals surface area contributed by atoms with Gasteiger partial charge in [-0.2, -0.15) is 0 Å². The van der Waals surface area contributed by atoms with E-state index in [1.807, 2.05) is 0 Å². The van der Waals surface area contributed by atoms with E-state index in [1.165, 1.54) is 35.6 Å². The number of hydrogen-bond acceptors (Lipinski definition) is 6. The predicted molar refractivity (Wildman–Crippen MR) is 164 cm³/mol. The Morgan fingerprint density at radius 2 is 1.91 bits per heavy atom. The molecule has 1 saturated carbocycles. The average Bonchev–Trinajstić information content (AvgIpc) is 3.77. The number of ether oxygens (including phenoxy) is 3. The monoisotopic (exact) mass is 601 g/mol. The fraction of sp³-hybridized carbons (Fsp3) is 0.412. The van der Waals surface area contributed by atoms with Crippen molar-refractivity contribution in [1.82, 2.24) is 14.5 Å². The van der Waals surface area contributed by atoms with Gasteiger partial charge in [0.2, 0.25) is 0 Å². The smallest absolute Gasteiger partial charge is 0.335 e. The van der Waals surface area contributed by atoms with E-state index in [1.54, 1.807) is 13.2 Å². The summed E-state index contributed by atoms with van der Waals surface area (Å²) in [5, 5.41) is 10.4. The summed E-state index contributed by atoms with van der Waals surface area (Å²) in [5.74, 6) is 1.76. The maximum absolute atomic E-state index is 11.9. The van der Waals surface area contributed by atoms with Crippen molar-refractivity contribution in [2.24, 2.45) is 0 Å². The Hall–Kier alpha value is -3.59. The SMILES string of the molecule is COc1cc(C(=O)O)cc2c1nc(CN1CCc3cc(Cl)c(OCc4ccc(C5CC5)cc4)cc3[C@@H]1C)n2C[C@@H]1CCO1. The molecule has 1 aromatic heterocycles. The summed E-state index contributed by atoms with van der Waals surface area (Å²) in [5.41, 5.74) is 6.57. The van der Waals surface area contributed by atoms with Crippen molar-refractivity contribution in [3.8, 4) is 11.5 Å². The number of carbonyl (C=O) groups is 1. The summed E-state index contributed by atoms with van der Waals surface area (Å²) < 4.78 is 19.7. The zero-order valence-electron chi connectivity index (χ0n) is 24.5. The molecule has 0 radical (unpaired) electrons. The fourth-order valence-corrected chi connectivity index (χ4v) is 6.56. The molecule has 8 nitrogen and oxygen atoms in total. The normalized spacial score (nSPS) is 20.1. The minimum absolute atomic E-state index is 0.0851. The van der Waals surface area contributed by atoms with Crippen LogP contribution in [0.4, 0.5) is 0 Å². The van der Waals surface area contributed by atoms with E-state index in [0.717, 1.165) is 48.8 Å². The first kappa shape index (κ1) is 28.2. The first-order valence-electron chi connectivity index (χ1n) is 15.1. The van der Waals surface area contributed by atoms with E-state index in [4.69, 9.17) is 30.8 Å². The van der Waals surface area contributed by atoms with E-state index in [0.29, 0.717) is 41.7 Å². The maximum Gasteiger partial charge on any atom is 0.335 e. The molecule has 7 rings (SSSR count). The van der Waals surface area contributed by atoms with Crippen LogP contribution >= 0.6 is 11.6 Å². The lowest BCUT2D eigenvalue weighted by atomic mass is 9.93. The summed E-state index contributed by atoms with van der Waals surface area (Å²) >= 11 is 6.70. The Kier molecular flexibility index (Phi) is 7.53. The van der Waals surface area contributed by atoms with Crippen molar-refractivity contribution in [1.29, 1.82) is 0 Å². The summed E-state index contributed by atoms with van der Waals surface area (Å²) in [6.07, 6.45) is 4.50. The van der Waals surface area contributed by atoms with Crippen LogP contribution in [0.5, 0.6) is 11.5 Å². The quantitative estimate of drug-likeness (QED) is 0.215. The van der Waals surface area contributed by atoms with Gasteiger partial charge in [-0.1, -0.05) is 35.9 Å². The minimum Gasteiger partial charge on any atom is -0.494 e. The molecule has 0 bridgehead atoms. The Bertz CT molecular complexity index is 1680. The van der Waals surface area contributed by atoms with Gasteiger partial charge >= 0.3 is 5.97 Å². The predicted octanol–water partition coefficient (Wildman–Crippen LogP) is 6.76. The van der Waals surface area contributed by atoms with Crippen LogP contribution in [0.2, 0.25) is 5.02 Å². The van der Waals surface area contributed by atoms with Crippen LogP contribution in [-0.4, -0.2) is 51.9 Å². The third-order valence-electron chi connectivity index (χ3n) is 9.17. The van der Waals surface area contributed by atoms with Crippen LogP contribution < -0.4 is 9.47 Å². The molecule has 3 heterocycles. The lowest BCUT2D eigenvalue weighted by Gasteiger charge is -2.36. The van der Waals surface area contributed by atoms with Crippen molar-refractivity contribution in [3.63, 3.8) is 0 Å². The number of imidazole rings is 1. The van der Waals surface area contributed by atoms with Gasteiger partial charge in [0.05, 0.1) is 42.4 Å². The van der Waals surface area contributed by atoms with E-state index in [2.05, 4.69) is 52.8 Å². The second-order valence-corrected chi connectivity index (χ2v) is 12.4. The molecule has 1 aliphatic carbocycles. The molecule has 2 aliphatic heterocycles. The van der Waals surface area contributed by atoms with Gasteiger partial charge in [-0.25, -0.2) is 9.78 Å². The van der Waals surface area contributed by atoms with Gasteiger partial charge in [0.25, 0.3) is 0 Å². The standard InChI is InChI=1S/C34H36ClN3O5/c1-20-27-16-30(43-19-21-3-5-22(6-4-21)23-7-8-23)28(35)13-24(27)9-11-37(20)18-32-36-33-29(38(32)17-26-10-12-42-26)14-25(34(39)40)15-31(33)41-2/h3-6,13-16,20,23,26H,7-12,17-19H2,1-2H3,(H,39,40)/t20-,26-/m0/s1. The molecule has 0 amide bonds. The van der Waals surface area contributed by atoms with E-state index < -0.39 is 5.97 Å². The summed E-state index contributed by atoms with van der Waals surface area (Å²) in [6.45, 7) is 5.48. The van der Waals surface area contributed by atoms with Crippen molar-refractivity contribution in [2.75, 3.05) is 20.3 Å². The topological polar surface area (TPSA) is 86.0 Å².